The van der Waals surface area contributed by atoms with E-state index >= 15 is 0 Å². The summed E-state index contributed by atoms with van der Waals surface area (Å²) in [6.07, 6.45) is 0. The largest absolute Gasteiger partial charge is 0.455 e. The smallest absolute Gasteiger partial charge is 0.345 e. The molecule has 0 heterocycles. The Morgan fingerprint density at radius 2 is 1.77 bits per heavy atom. The lowest BCUT2D eigenvalue weighted by Crippen LogP contribution is -2.21. The summed E-state index contributed by atoms with van der Waals surface area (Å²) in [5, 5.41) is 13.8. The number of nitro groups is 1. The van der Waals surface area contributed by atoms with Crippen LogP contribution in [0.3, 0.4) is 0 Å². The number of benzene rings is 3. The summed E-state index contributed by atoms with van der Waals surface area (Å²) in [6.45, 7) is 1.30. The molecule has 0 saturated heterocycles. The average molecular weight is 441 g/mol. The molecule has 0 spiro atoms. The molecule has 1 amide bonds. The predicted molar refractivity (Wildman–Crippen MR) is 115 cm³/mol. The van der Waals surface area contributed by atoms with Gasteiger partial charge in [0.2, 0.25) is 0 Å². The van der Waals surface area contributed by atoms with Crippen molar-refractivity contribution in [2.24, 2.45) is 0 Å². The van der Waals surface area contributed by atoms with E-state index in [2.05, 4.69) is 5.32 Å². The molecule has 0 radical (unpaired) electrons. The Bertz CT molecular complexity index is 1130. The quantitative estimate of drug-likeness (QED) is 0.309. The first kappa shape index (κ1) is 21.8. The molecular weight excluding hydrogens is 424 g/mol. The fraction of sp³-hybridized carbons (Fsp3) is 0.0909. The summed E-state index contributed by atoms with van der Waals surface area (Å²) in [4.78, 5) is 34.9. The van der Waals surface area contributed by atoms with Crippen LogP contribution in [-0.2, 0) is 9.53 Å². The lowest BCUT2D eigenvalue weighted by molar-refractivity contribution is -0.385. The van der Waals surface area contributed by atoms with E-state index in [0.29, 0.717) is 17.2 Å². The third kappa shape index (κ3) is 5.80. The molecule has 31 heavy (non-hydrogen) atoms. The summed E-state index contributed by atoms with van der Waals surface area (Å²) in [7, 11) is 0. The van der Waals surface area contributed by atoms with Crippen LogP contribution < -0.4 is 10.1 Å². The molecule has 0 unspecified atom stereocenters. The minimum atomic E-state index is -1.03. The Morgan fingerprint density at radius 3 is 2.48 bits per heavy atom. The number of hydrogen-bond donors (Lipinski definition) is 1. The fourth-order valence-corrected chi connectivity index (χ4v) is 2.79. The molecule has 0 fully saturated rings. The van der Waals surface area contributed by atoms with Crippen LogP contribution in [0.25, 0.3) is 0 Å². The highest BCUT2D eigenvalue weighted by atomic mass is 35.5. The number of nitrogens with zero attached hydrogens (tertiary/aromatic N) is 1. The van der Waals surface area contributed by atoms with Crippen LogP contribution in [0.5, 0.6) is 11.5 Å². The Balaban J connectivity index is 1.65. The number of ether oxygens (including phenoxy) is 2. The molecule has 158 valence electrons. The molecule has 0 atom stereocenters. The number of amides is 1. The van der Waals surface area contributed by atoms with Gasteiger partial charge < -0.3 is 14.8 Å². The molecule has 0 aromatic heterocycles. The second-order valence-electron chi connectivity index (χ2n) is 6.45. The van der Waals surface area contributed by atoms with E-state index in [4.69, 9.17) is 21.1 Å². The first-order valence-electron chi connectivity index (χ1n) is 9.08. The number of rotatable bonds is 7. The highest BCUT2D eigenvalue weighted by Crippen LogP contribution is 2.29. The summed E-state index contributed by atoms with van der Waals surface area (Å²) >= 11 is 5.80. The van der Waals surface area contributed by atoms with Gasteiger partial charge in [-0.25, -0.2) is 4.79 Å². The topological polar surface area (TPSA) is 108 Å². The van der Waals surface area contributed by atoms with Crippen LogP contribution >= 0.6 is 11.6 Å². The van der Waals surface area contributed by atoms with E-state index in [1.54, 1.807) is 36.4 Å². The highest BCUT2D eigenvalue weighted by Gasteiger charge is 2.22. The lowest BCUT2D eigenvalue weighted by Gasteiger charge is -2.12. The predicted octanol–water partition coefficient (Wildman–Crippen LogP) is 5.14. The molecule has 0 bridgehead atoms. The van der Waals surface area contributed by atoms with E-state index in [0.717, 1.165) is 17.7 Å². The maximum Gasteiger partial charge on any atom is 0.345 e. The number of nitro benzene ring substituents is 1. The van der Waals surface area contributed by atoms with Crippen LogP contribution in [0.15, 0.2) is 66.7 Å². The van der Waals surface area contributed by atoms with Crippen molar-refractivity contribution < 1.29 is 24.0 Å². The van der Waals surface area contributed by atoms with E-state index < -0.39 is 29.1 Å². The van der Waals surface area contributed by atoms with Crippen molar-refractivity contribution in [2.45, 2.75) is 6.92 Å². The van der Waals surface area contributed by atoms with Gasteiger partial charge in [-0.3, -0.25) is 14.9 Å². The van der Waals surface area contributed by atoms with Gasteiger partial charge in [-0.15, -0.1) is 0 Å². The minimum absolute atomic E-state index is 0.129. The van der Waals surface area contributed by atoms with Crippen LogP contribution in [-0.4, -0.2) is 23.4 Å². The Kier molecular flexibility index (Phi) is 6.84. The SMILES string of the molecule is Cc1ccc(Oc2ccccc2NC(=O)COC(=O)c2cc(Cl)ccc2[N+](=O)[O-])cc1. The van der Waals surface area contributed by atoms with Crippen molar-refractivity contribution in [2.75, 3.05) is 11.9 Å². The van der Waals surface area contributed by atoms with Gasteiger partial charge in [-0.2, -0.15) is 0 Å². The number of anilines is 1. The average Bonchev–Trinajstić information content (AvgIpc) is 2.74. The van der Waals surface area contributed by atoms with Gasteiger partial charge in [0.15, 0.2) is 12.4 Å². The van der Waals surface area contributed by atoms with E-state index in [1.807, 2.05) is 19.1 Å². The molecule has 0 aliphatic rings. The van der Waals surface area contributed by atoms with Crippen molar-refractivity contribution >= 4 is 34.9 Å². The summed E-state index contributed by atoms with van der Waals surface area (Å²) in [5.74, 6) is -0.685. The number of aryl methyl sites for hydroxylation is 1. The first-order chi connectivity index (χ1) is 14.8. The third-order valence-electron chi connectivity index (χ3n) is 4.12. The number of halogens is 1. The number of carbonyl (C=O) groups excluding carboxylic acids is 2. The zero-order valence-corrected chi connectivity index (χ0v) is 17.1. The summed E-state index contributed by atoms with van der Waals surface area (Å²) < 4.78 is 10.7. The molecule has 3 aromatic carbocycles. The van der Waals surface area contributed by atoms with Crippen molar-refractivity contribution in [1.82, 2.24) is 0 Å². The molecule has 8 nitrogen and oxygen atoms in total. The van der Waals surface area contributed by atoms with Gasteiger partial charge in [0, 0.05) is 11.1 Å². The summed E-state index contributed by atoms with van der Waals surface area (Å²) in [5.41, 5.74) is 0.647. The van der Waals surface area contributed by atoms with Gasteiger partial charge in [0.05, 0.1) is 10.6 Å². The zero-order valence-electron chi connectivity index (χ0n) is 16.3. The molecule has 0 aliphatic carbocycles. The van der Waals surface area contributed by atoms with E-state index in [-0.39, 0.29) is 10.6 Å². The van der Waals surface area contributed by atoms with Gasteiger partial charge in [0.1, 0.15) is 11.3 Å². The third-order valence-corrected chi connectivity index (χ3v) is 4.35. The van der Waals surface area contributed by atoms with Crippen LogP contribution in [0.4, 0.5) is 11.4 Å². The van der Waals surface area contributed by atoms with Crippen molar-refractivity contribution in [3.63, 3.8) is 0 Å². The van der Waals surface area contributed by atoms with E-state index in [9.17, 15) is 19.7 Å². The van der Waals surface area contributed by atoms with Crippen molar-refractivity contribution in [3.05, 3.63) is 93.0 Å². The Morgan fingerprint density at radius 1 is 1.06 bits per heavy atom. The van der Waals surface area contributed by atoms with Crippen LogP contribution in [0.2, 0.25) is 5.02 Å². The first-order valence-corrected chi connectivity index (χ1v) is 9.46. The molecule has 3 rings (SSSR count). The Hall–Kier alpha value is -3.91. The van der Waals surface area contributed by atoms with Crippen molar-refractivity contribution in [1.29, 1.82) is 0 Å². The number of esters is 1. The maximum atomic E-state index is 12.3. The van der Waals surface area contributed by atoms with Crippen LogP contribution in [0, 0.1) is 17.0 Å². The molecule has 9 heteroatoms. The number of para-hydroxylation sites is 2. The highest BCUT2D eigenvalue weighted by molar-refractivity contribution is 6.31. The molecule has 0 aliphatic heterocycles. The molecule has 3 aromatic rings. The molecule has 1 N–H and O–H groups in total. The number of hydrogen-bond acceptors (Lipinski definition) is 6. The van der Waals surface area contributed by atoms with Gasteiger partial charge in [-0.05, 0) is 43.3 Å². The maximum absolute atomic E-state index is 12.3. The normalized spacial score (nSPS) is 10.3. The molecular formula is C22H17ClN2O6. The van der Waals surface area contributed by atoms with Crippen molar-refractivity contribution in [3.8, 4) is 11.5 Å². The lowest BCUT2D eigenvalue weighted by atomic mass is 10.2. The van der Waals surface area contributed by atoms with Gasteiger partial charge in [0.25, 0.3) is 11.6 Å². The number of carbonyl (C=O) groups is 2. The second kappa shape index (κ2) is 9.73. The second-order valence-corrected chi connectivity index (χ2v) is 6.89. The monoisotopic (exact) mass is 440 g/mol. The Labute approximate surface area is 182 Å². The standard InChI is InChI=1S/C22H17ClN2O6/c1-14-6-9-16(10-7-14)31-20-5-3-2-4-18(20)24-21(26)13-30-22(27)17-12-15(23)8-11-19(17)25(28)29/h2-12H,13H2,1H3,(H,24,26). The number of nitrogens with one attached hydrogen (secondary N) is 1. The zero-order chi connectivity index (χ0) is 22.4. The minimum Gasteiger partial charge on any atom is -0.455 e. The molecule has 0 saturated carbocycles. The fourth-order valence-electron chi connectivity index (χ4n) is 2.62. The summed E-state index contributed by atoms with van der Waals surface area (Å²) in [6, 6.07) is 17.6. The van der Waals surface area contributed by atoms with E-state index in [1.165, 1.54) is 6.07 Å². The van der Waals surface area contributed by atoms with Gasteiger partial charge in [-0.1, -0.05) is 41.4 Å². The van der Waals surface area contributed by atoms with Crippen LogP contribution in [0.1, 0.15) is 15.9 Å². The van der Waals surface area contributed by atoms with Gasteiger partial charge >= 0.3 is 5.97 Å².